The highest BCUT2D eigenvalue weighted by Crippen LogP contribution is 2.17. The molecule has 0 aromatic heterocycles. The van der Waals surface area contributed by atoms with E-state index in [0.29, 0.717) is 0 Å². The monoisotopic (exact) mass is 275 g/mol. The van der Waals surface area contributed by atoms with Gasteiger partial charge in [-0.25, -0.2) is 0 Å². The molecule has 1 N–H and O–H groups in total. The molecule has 0 radical (unpaired) electrons. The van der Waals surface area contributed by atoms with Gasteiger partial charge in [0.05, 0.1) is 0 Å². The summed E-state index contributed by atoms with van der Waals surface area (Å²) in [6.07, 6.45) is 8.01. The summed E-state index contributed by atoms with van der Waals surface area (Å²) in [6.45, 7) is 10.2. The Morgan fingerprint density at radius 2 is 1.70 bits per heavy atom. The van der Waals surface area contributed by atoms with E-state index in [0.717, 1.165) is 12.5 Å². The third kappa shape index (κ3) is 8.37. The van der Waals surface area contributed by atoms with Crippen LogP contribution in [0.5, 0.6) is 0 Å². The van der Waals surface area contributed by atoms with E-state index in [9.17, 15) is 0 Å². The van der Waals surface area contributed by atoms with Gasteiger partial charge in [-0.15, -0.1) is 0 Å². The van der Waals surface area contributed by atoms with Crippen molar-refractivity contribution in [2.45, 2.75) is 71.8 Å². The van der Waals surface area contributed by atoms with Crippen molar-refractivity contribution in [3.63, 3.8) is 0 Å². The molecule has 0 saturated heterocycles. The molecule has 1 atom stereocenters. The van der Waals surface area contributed by atoms with Crippen LogP contribution >= 0.6 is 0 Å². The molecule has 1 rings (SSSR count). The Morgan fingerprint density at radius 3 is 2.30 bits per heavy atom. The molecule has 1 unspecified atom stereocenters. The van der Waals surface area contributed by atoms with E-state index >= 15 is 0 Å². The number of benzene rings is 1. The van der Waals surface area contributed by atoms with Crippen molar-refractivity contribution >= 4 is 0 Å². The molecule has 1 aromatic rings. The van der Waals surface area contributed by atoms with E-state index in [1.54, 1.807) is 0 Å². The quantitative estimate of drug-likeness (QED) is 0.610. The van der Waals surface area contributed by atoms with Crippen LogP contribution in [0.15, 0.2) is 30.3 Å². The molecule has 1 nitrogen and oxygen atoms in total. The lowest BCUT2D eigenvalue weighted by atomic mass is 9.92. The first kappa shape index (κ1) is 17.2. The van der Waals surface area contributed by atoms with Crippen LogP contribution in [-0.4, -0.2) is 12.1 Å². The fraction of sp³-hybridized carbons (Fsp3) is 0.684. The molecule has 0 heterocycles. The summed E-state index contributed by atoms with van der Waals surface area (Å²) < 4.78 is 0. The van der Waals surface area contributed by atoms with Crippen LogP contribution < -0.4 is 5.32 Å². The third-order valence-electron chi connectivity index (χ3n) is 3.75. The molecule has 0 aliphatic heterocycles. The van der Waals surface area contributed by atoms with Crippen LogP contribution in [0.3, 0.4) is 0 Å². The summed E-state index contributed by atoms with van der Waals surface area (Å²) >= 11 is 0. The fourth-order valence-electron chi connectivity index (χ4n) is 2.53. The van der Waals surface area contributed by atoms with Gasteiger partial charge in [-0.1, -0.05) is 62.9 Å². The number of hydrogen-bond donors (Lipinski definition) is 1. The minimum atomic E-state index is 0.221. The maximum Gasteiger partial charge on any atom is 0.00966 e. The van der Waals surface area contributed by atoms with Gasteiger partial charge in [-0.2, -0.15) is 0 Å². The summed E-state index contributed by atoms with van der Waals surface area (Å²) in [5.74, 6) is 0.758. The van der Waals surface area contributed by atoms with E-state index in [1.165, 1.54) is 44.1 Å². The fourth-order valence-corrected chi connectivity index (χ4v) is 2.53. The molecule has 0 fully saturated rings. The standard InChI is InChI=1S/C19H33N/c1-5-6-7-9-14-18(16-20-19(2,3)4)15-17-12-10-8-11-13-17/h8,10-13,18,20H,5-7,9,14-16H2,1-4H3. The van der Waals surface area contributed by atoms with Gasteiger partial charge in [0.25, 0.3) is 0 Å². The molecule has 0 amide bonds. The van der Waals surface area contributed by atoms with Crippen molar-refractivity contribution in [2.75, 3.05) is 6.54 Å². The second-order valence-corrected chi connectivity index (χ2v) is 7.04. The first-order valence-corrected chi connectivity index (χ1v) is 8.30. The zero-order valence-electron chi connectivity index (χ0n) is 13.9. The van der Waals surface area contributed by atoms with Crippen molar-refractivity contribution in [3.05, 3.63) is 35.9 Å². The number of hydrogen-bond acceptors (Lipinski definition) is 1. The van der Waals surface area contributed by atoms with Gasteiger partial charge < -0.3 is 5.32 Å². The SMILES string of the molecule is CCCCCCC(CNC(C)(C)C)Cc1ccccc1. The molecule has 1 aromatic carbocycles. The molecule has 0 spiro atoms. The van der Waals surface area contributed by atoms with Crippen LogP contribution in [0.4, 0.5) is 0 Å². The first-order chi connectivity index (χ1) is 9.51. The maximum atomic E-state index is 3.68. The number of unbranched alkanes of at least 4 members (excludes halogenated alkanes) is 3. The molecule has 0 aliphatic carbocycles. The van der Waals surface area contributed by atoms with Gasteiger partial charge in [0.2, 0.25) is 0 Å². The van der Waals surface area contributed by atoms with Crippen molar-refractivity contribution in [2.24, 2.45) is 5.92 Å². The van der Waals surface area contributed by atoms with Gasteiger partial charge >= 0.3 is 0 Å². The van der Waals surface area contributed by atoms with Crippen molar-refractivity contribution in [1.29, 1.82) is 0 Å². The second-order valence-electron chi connectivity index (χ2n) is 7.04. The van der Waals surface area contributed by atoms with Gasteiger partial charge in [-0.05, 0) is 51.6 Å². The molecule has 20 heavy (non-hydrogen) atoms. The second kappa shape index (κ2) is 9.18. The average Bonchev–Trinajstić information content (AvgIpc) is 2.41. The largest absolute Gasteiger partial charge is 0.312 e. The van der Waals surface area contributed by atoms with Crippen LogP contribution in [0.2, 0.25) is 0 Å². The Labute approximate surface area is 126 Å². The minimum absolute atomic E-state index is 0.221. The highest BCUT2D eigenvalue weighted by atomic mass is 14.9. The average molecular weight is 275 g/mol. The van der Waals surface area contributed by atoms with Crippen LogP contribution in [0.1, 0.15) is 65.4 Å². The highest BCUT2D eigenvalue weighted by Gasteiger charge is 2.14. The van der Waals surface area contributed by atoms with Crippen molar-refractivity contribution in [3.8, 4) is 0 Å². The number of nitrogens with one attached hydrogen (secondary N) is 1. The Bertz CT molecular complexity index is 337. The molecule has 1 heteroatoms. The highest BCUT2D eigenvalue weighted by molar-refractivity contribution is 5.15. The molecule has 0 aliphatic rings. The normalized spacial score (nSPS) is 13.4. The van der Waals surface area contributed by atoms with Crippen molar-refractivity contribution < 1.29 is 0 Å². The van der Waals surface area contributed by atoms with Gasteiger partial charge in [-0.3, -0.25) is 0 Å². The third-order valence-corrected chi connectivity index (χ3v) is 3.75. The predicted molar refractivity (Wildman–Crippen MR) is 90.2 cm³/mol. The molecular formula is C19H33N. The van der Waals surface area contributed by atoms with E-state index in [2.05, 4.69) is 63.3 Å². The lowest BCUT2D eigenvalue weighted by molar-refractivity contribution is 0.349. The summed E-state index contributed by atoms with van der Waals surface area (Å²) in [7, 11) is 0. The zero-order valence-corrected chi connectivity index (χ0v) is 13.9. The lowest BCUT2D eigenvalue weighted by Crippen LogP contribution is -2.39. The molecule has 114 valence electrons. The van der Waals surface area contributed by atoms with E-state index in [4.69, 9.17) is 0 Å². The summed E-state index contributed by atoms with van der Waals surface area (Å²) in [6, 6.07) is 10.9. The number of rotatable bonds is 9. The summed E-state index contributed by atoms with van der Waals surface area (Å²) in [4.78, 5) is 0. The Morgan fingerprint density at radius 1 is 1.00 bits per heavy atom. The van der Waals surface area contributed by atoms with Gasteiger partial charge in [0.1, 0.15) is 0 Å². The van der Waals surface area contributed by atoms with Crippen molar-refractivity contribution in [1.82, 2.24) is 5.32 Å². The minimum Gasteiger partial charge on any atom is -0.312 e. The van der Waals surface area contributed by atoms with Crippen LogP contribution in [0.25, 0.3) is 0 Å². The predicted octanol–water partition coefficient (Wildman–Crippen LogP) is 5.20. The first-order valence-electron chi connectivity index (χ1n) is 8.30. The zero-order chi connectivity index (χ0) is 14.8. The smallest absolute Gasteiger partial charge is 0.00966 e. The lowest BCUT2D eigenvalue weighted by Gasteiger charge is -2.25. The Kier molecular flexibility index (Phi) is 7.91. The Balaban J connectivity index is 2.45. The van der Waals surface area contributed by atoms with E-state index in [1.807, 2.05) is 0 Å². The van der Waals surface area contributed by atoms with Gasteiger partial charge in [0.15, 0.2) is 0 Å². The molecular weight excluding hydrogens is 242 g/mol. The summed E-state index contributed by atoms with van der Waals surface area (Å²) in [5, 5.41) is 3.68. The van der Waals surface area contributed by atoms with Gasteiger partial charge in [0, 0.05) is 5.54 Å². The topological polar surface area (TPSA) is 12.0 Å². The van der Waals surface area contributed by atoms with E-state index in [-0.39, 0.29) is 5.54 Å². The van der Waals surface area contributed by atoms with Crippen LogP contribution in [-0.2, 0) is 6.42 Å². The molecule has 0 saturated carbocycles. The summed E-state index contributed by atoms with van der Waals surface area (Å²) in [5.41, 5.74) is 1.70. The maximum absolute atomic E-state index is 3.68. The van der Waals surface area contributed by atoms with E-state index < -0.39 is 0 Å². The Hall–Kier alpha value is -0.820. The van der Waals surface area contributed by atoms with Crippen LogP contribution in [0, 0.1) is 5.92 Å². The molecule has 0 bridgehead atoms.